The number of ether oxygens (including phenoxy) is 1. The van der Waals surface area contributed by atoms with E-state index in [4.69, 9.17) is 4.74 Å². The molecule has 0 amide bonds. The molecule has 0 radical (unpaired) electrons. The summed E-state index contributed by atoms with van der Waals surface area (Å²) in [5.41, 5.74) is 0.535. The molecule has 3 aromatic heterocycles. The monoisotopic (exact) mass is 289 g/mol. The molecule has 8 heteroatoms. The summed E-state index contributed by atoms with van der Waals surface area (Å²) in [5, 5.41) is 0.827. The van der Waals surface area contributed by atoms with Gasteiger partial charge in [0.15, 0.2) is 0 Å². The number of hydrogen-bond donors (Lipinski definition) is 1. The normalized spacial score (nSPS) is 16.1. The predicted molar refractivity (Wildman–Crippen MR) is 76.4 cm³/mol. The molecular formula is C12H11N5O2S. The number of anilines is 1. The van der Waals surface area contributed by atoms with Crippen LogP contribution in [-0.2, 0) is 4.74 Å². The number of H-pyrrole nitrogens is 1. The second kappa shape index (κ2) is 4.50. The molecule has 0 saturated carbocycles. The Morgan fingerprint density at radius 1 is 1.30 bits per heavy atom. The number of hydrogen-bond acceptors (Lipinski definition) is 7. The maximum atomic E-state index is 11.8. The minimum Gasteiger partial charge on any atom is -0.378 e. The Morgan fingerprint density at radius 2 is 2.15 bits per heavy atom. The smallest absolute Gasteiger partial charge is 0.268 e. The minimum atomic E-state index is -0.133. The first kappa shape index (κ1) is 11.7. The lowest BCUT2D eigenvalue weighted by molar-refractivity contribution is 0.122. The molecule has 4 heterocycles. The highest BCUT2D eigenvalue weighted by atomic mass is 32.1. The number of morpholine rings is 1. The molecule has 1 aliphatic rings. The van der Waals surface area contributed by atoms with E-state index in [0.717, 1.165) is 23.3 Å². The fourth-order valence-electron chi connectivity index (χ4n) is 2.28. The average Bonchev–Trinajstić information content (AvgIpc) is 2.87. The second-order valence-electron chi connectivity index (χ2n) is 4.50. The Kier molecular flexibility index (Phi) is 2.64. The third kappa shape index (κ3) is 1.76. The zero-order valence-corrected chi connectivity index (χ0v) is 11.3. The molecule has 0 atom stereocenters. The lowest BCUT2D eigenvalue weighted by Crippen LogP contribution is -2.37. The molecule has 4 rings (SSSR count). The first-order valence-electron chi connectivity index (χ1n) is 6.28. The van der Waals surface area contributed by atoms with Gasteiger partial charge in [0.2, 0.25) is 5.95 Å². The quantitative estimate of drug-likeness (QED) is 0.712. The van der Waals surface area contributed by atoms with Gasteiger partial charge in [-0.05, 0) is 0 Å². The van der Waals surface area contributed by atoms with Crippen molar-refractivity contribution in [3.8, 4) is 0 Å². The number of fused-ring (bicyclic) bond motifs is 3. The molecule has 20 heavy (non-hydrogen) atoms. The van der Waals surface area contributed by atoms with Crippen LogP contribution in [-0.4, -0.2) is 46.2 Å². The van der Waals surface area contributed by atoms with E-state index in [1.165, 1.54) is 17.7 Å². The Morgan fingerprint density at radius 3 is 3.00 bits per heavy atom. The van der Waals surface area contributed by atoms with E-state index in [-0.39, 0.29) is 5.56 Å². The molecule has 0 bridgehead atoms. The first-order chi connectivity index (χ1) is 9.83. The van der Waals surface area contributed by atoms with Crippen molar-refractivity contribution in [3.63, 3.8) is 0 Å². The van der Waals surface area contributed by atoms with E-state index in [0.29, 0.717) is 29.4 Å². The van der Waals surface area contributed by atoms with Crippen molar-refractivity contribution in [2.75, 3.05) is 31.2 Å². The van der Waals surface area contributed by atoms with Crippen LogP contribution in [0.1, 0.15) is 0 Å². The molecule has 1 aliphatic heterocycles. The molecular weight excluding hydrogens is 278 g/mol. The van der Waals surface area contributed by atoms with Gasteiger partial charge in [-0.1, -0.05) is 0 Å². The molecule has 102 valence electrons. The highest BCUT2D eigenvalue weighted by molar-refractivity contribution is 7.25. The number of nitrogens with zero attached hydrogens (tertiary/aromatic N) is 4. The molecule has 0 unspecified atom stereocenters. The van der Waals surface area contributed by atoms with Crippen molar-refractivity contribution in [2.24, 2.45) is 0 Å². The van der Waals surface area contributed by atoms with Crippen LogP contribution in [0.2, 0.25) is 0 Å². The number of aromatic amines is 1. The van der Waals surface area contributed by atoms with E-state index in [9.17, 15) is 4.79 Å². The zero-order valence-electron chi connectivity index (χ0n) is 10.5. The highest BCUT2D eigenvalue weighted by Crippen LogP contribution is 2.29. The first-order valence-corrected chi connectivity index (χ1v) is 7.10. The van der Waals surface area contributed by atoms with Crippen molar-refractivity contribution >= 4 is 37.7 Å². The Balaban J connectivity index is 1.89. The van der Waals surface area contributed by atoms with Crippen molar-refractivity contribution < 1.29 is 4.74 Å². The van der Waals surface area contributed by atoms with Gasteiger partial charge in [-0.3, -0.25) is 4.79 Å². The van der Waals surface area contributed by atoms with Crippen molar-refractivity contribution in [1.29, 1.82) is 0 Å². The Hall–Kier alpha value is -2.06. The maximum absolute atomic E-state index is 11.8. The van der Waals surface area contributed by atoms with E-state index in [2.05, 4.69) is 24.8 Å². The molecule has 3 aromatic rings. The number of aromatic nitrogens is 4. The molecule has 7 nitrogen and oxygen atoms in total. The van der Waals surface area contributed by atoms with E-state index >= 15 is 0 Å². The topological polar surface area (TPSA) is 84.0 Å². The maximum Gasteiger partial charge on any atom is 0.268 e. The molecule has 0 aliphatic carbocycles. The van der Waals surface area contributed by atoms with Crippen LogP contribution in [0.3, 0.4) is 0 Å². The Labute approximate surface area is 117 Å². The lowest BCUT2D eigenvalue weighted by Gasteiger charge is -2.26. The van der Waals surface area contributed by atoms with Gasteiger partial charge >= 0.3 is 0 Å². The van der Waals surface area contributed by atoms with Crippen LogP contribution in [0.5, 0.6) is 0 Å². The molecule has 1 saturated heterocycles. The molecule has 1 N–H and O–H groups in total. The van der Waals surface area contributed by atoms with Gasteiger partial charge in [0.05, 0.1) is 30.4 Å². The van der Waals surface area contributed by atoms with E-state index in [1.54, 1.807) is 6.20 Å². The second-order valence-corrected chi connectivity index (χ2v) is 5.50. The van der Waals surface area contributed by atoms with Crippen molar-refractivity contribution in [2.45, 2.75) is 0 Å². The van der Waals surface area contributed by atoms with Crippen LogP contribution in [0.4, 0.5) is 5.95 Å². The zero-order chi connectivity index (χ0) is 13.5. The number of thiophene rings is 1. The fraction of sp³-hybridized carbons (Fsp3) is 0.333. The summed E-state index contributed by atoms with van der Waals surface area (Å²) in [5.74, 6) is 0.684. The van der Waals surface area contributed by atoms with E-state index in [1.807, 2.05) is 0 Å². The summed E-state index contributed by atoms with van der Waals surface area (Å²) in [7, 11) is 0. The van der Waals surface area contributed by atoms with E-state index < -0.39 is 0 Å². The predicted octanol–water partition coefficient (Wildman–Crippen LogP) is 0.764. The van der Waals surface area contributed by atoms with Gasteiger partial charge in [-0.15, -0.1) is 11.3 Å². The summed E-state index contributed by atoms with van der Waals surface area (Å²) >= 11 is 1.35. The van der Waals surface area contributed by atoms with Crippen LogP contribution < -0.4 is 10.5 Å². The minimum absolute atomic E-state index is 0.133. The summed E-state index contributed by atoms with van der Waals surface area (Å²) in [6, 6.07) is 0. The van der Waals surface area contributed by atoms with Crippen LogP contribution in [0.15, 0.2) is 17.3 Å². The molecule has 0 aromatic carbocycles. The third-order valence-corrected chi connectivity index (χ3v) is 4.39. The Bertz CT molecular complexity index is 837. The number of nitrogens with one attached hydrogen (secondary N) is 1. The van der Waals surface area contributed by atoms with Gasteiger partial charge in [0.1, 0.15) is 9.53 Å². The van der Waals surface area contributed by atoms with Crippen molar-refractivity contribution in [1.82, 2.24) is 19.9 Å². The largest absolute Gasteiger partial charge is 0.378 e. The van der Waals surface area contributed by atoms with Gasteiger partial charge in [-0.25, -0.2) is 15.0 Å². The SMILES string of the molecule is O=c1[nH]cnc2c1sc1nc(N3CCOCC3)ncc12. The molecule has 1 fully saturated rings. The summed E-state index contributed by atoms with van der Waals surface area (Å²) < 4.78 is 5.92. The summed E-state index contributed by atoms with van der Waals surface area (Å²) in [6.45, 7) is 2.95. The van der Waals surface area contributed by atoms with Gasteiger partial charge < -0.3 is 14.6 Å². The average molecular weight is 289 g/mol. The lowest BCUT2D eigenvalue weighted by atomic mass is 10.3. The van der Waals surface area contributed by atoms with Gasteiger partial charge in [-0.2, -0.15) is 0 Å². The molecule has 0 spiro atoms. The number of rotatable bonds is 1. The third-order valence-electron chi connectivity index (χ3n) is 3.30. The van der Waals surface area contributed by atoms with Crippen LogP contribution in [0.25, 0.3) is 20.4 Å². The summed E-state index contributed by atoms with van der Waals surface area (Å²) in [6.07, 6.45) is 3.16. The summed E-state index contributed by atoms with van der Waals surface area (Å²) in [4.78, 5) is 30.4. The van der Waals surface area contributed by atoms with Gasteiger partial charge in [0.25, 0.3) is 5.56 Å². The van der Waals surface area contributed by atoms with Crippen LogP contribution in [0, 0.1) is 0 Å². The van der Waals surface area contributed by atoms with Crippen molar-refractivity contribution in [3.05, 3.63) is 22.9 Å². The van der Waals surface area contributed by atoms with Gasteiger partial charge in [0, 0.05) is 19.3 Å². The standard InChI is InChI=1S/C12H11N5O2S/c18-10-9-8(14-6-15-10)7-5-13-12(16-11(7)20-9)17-1-3-19-4-2-17/h5-6H,1-4H2,(H,14,15,18). The van der Waals surface area contributed by atoms with Crippen LogP contribution >= 0.6 is 11.3 Å². The fourth-order valence-corrected chi connectivity index (χ4v) is 3.27. The highest BCUT2D eigenvalue weighted by Gasteiger charge is 2.16.